The highest BCUT2D eigenvalue weighted by atomic mass is 15.2. The first-order valence-electron chi connectivity index (χ1n) is 9.83. The van der Waals surface area contributed by atoms with Gasteiger partial charge in [0, 0.05) is 37.4 Å². The van der Waals surface area contributed by atoms with Gasteiger partial charge in [0.1, 0.15) is 5.82 Å². The number of rotatable bonds is 5. The number of hydrogen-bond donors (Lipinski definition) is 2. The molecule has 3 aromatic rings. The Balaban J connectivity index is 1.67. The number of H-pyrrole nitrogens is 1. The van der Waals surface area contributed by atoms with E-state index >= 15 is 0 Å². The summed E-state index contributed by atoms with van der Waals surface area (Å²) in [6, 6.07) is 19.6. The quantitative estimate of drug-likeness (QED) is 0.726. The molecule has 2 heterocycles. The van der Waals surface area contributed by atoms with Crippen LogP contribution in [-0.4, -0.2) is 41.0 Å². The minimum absolute atomic E-state index is 0.296. The Morgan fingerprint density at radius 2 is 1.67 bits per heavy atom. The molecule has 4 nitrogen and oxygen atoms in total. The Bertz CT molecular complexity index is 861. The Morgan fingerprint density at radius 1 is 0.963 bits per heavy atom. The van der Waals surface area contributed by atoms with Crippen molar-refractivity contribution in [1.29, 1.82) is 0 Å². The maximum absolute atomic E-state index is 5.06. The molecule has 1 atom stereocenters. The van der Waals surface area contributed by atoms with Gasteiger partial charge in [0.15, 0.2) is 0 Å². The van der Waals surface area contributed by atoms with Gasteiger partial charge in [0.25, 0.3) is 0 Å². The lowest BCUT2D eigenvalue weighted by molar-refractivity contribution is 0.169. The molecule has 0 spiro atoms. The first-order valence-corrected chi connectivity index (χ1v) is 9.83. The number of nitrogens with zero attached hydrogens (tertiary/aromatic N) is 2. The Labute approximate surface area is 161 Å². The highest BCUT2D eigenvalue weighted by molar-refractivity contribution is 5.56. The normalized spacial score (nSPS) is 16.4. The molecule has 0 aliphatic carbocycles. The van der Waals surface area contributed by atoms with Gasteiger partial charge >= 0.3 is 0 Å². The molecule has 1 aromatic heterocycles. The van der Waals surface area contributed by atoms with Gasteiger partial charge in [-0.1, -0.05) is 60.2 Å². The van der Waals surface area contributed by atoms with E-state index in [1.807, 2.05) is 0 Å². The summed E-state index contributed by atoms with van der Waals surface area (Å²) in [7, 11) is 0. The number of aromatic amines is 1. The molecule has 1 fully saturated rings. The SMILES string of the molecule is Cc1ccc(-c2nc(C(Cc3ccccc3)N3CCNCC3)c(C)[nH]2)cc1. The smallest absolute Gasteiger partial charge is 0.137 e. The van der Waals surface area contributed by atoms with Crippen LogP contribution < -0.4 is 5.32 Å². The number of piperazine rings is 1. The van der Waals surface area contributed by atoms with Gasteiger partial charge in [-0.15, -0.1) is 0 Å². The molecule has 1 aliphatic heterocycles. The number of nitrogens with one attached hydrogen (secondary N) is 2. The summed E-state index contributed by atoms with van der Waals surface area (Å²) >= 11 is 0. The molecular weight excluding hydrogens is 332 g/mol. The van der Waals surface area contributed by atoms with Crippen molar-refractivity contribution in [3.05, 3.63) is 77.1 Å². The van der Waals surface area contributed by atoms with Gasteiger partial charge in [-0.2, -0.15) is 0 Å². The van der Waals surface area contributed by atoms with Gasteiger partial charge in [0.05, 0.1) is 11.7 Å². The summed E-state index contributed by atoms with van der Waals surface area (Å²) in [6.45, 7) is 8.47. The largest absolute Gasteiger partial charge is 0.342 e. The monoisotopic (exact) mass is 360 g/mol. The summed E-state index contributed by atoms with van der Waals surface area (Å²) in [5, 5.41) is 3.47. The summed E-state index contributed by atoms with van der Waals surface area (Å²) in [5.74, 6) is 0.968. The Morgan fingerprint density at radius 3 is 2.37 bits per heavy atom. The van der Waals surface area contributed by atoms with Crippen molar-refractivity contribution in [3.8, 4) is 11.4 Å². The number of benzene rings is 2. The topological polar surface area (TPSA) is 44.0 Å². The maximum Gasteiger partial charge on any atom is 0.137 e. The zero-order valence-electron chi connectivity index (χ0n) is 16.2. The van der Waals surface area contributed by atoms with Crippen molar-refractivity contribution in [2.75, 3.05) is 26.2 Å². The molecule has 0 amide bonds. The summed E-state index contributed by atoms with van der Waals surface area (Å²) < 4.78 is 0. The number of aromatic nitrogens is 2. The molecule has 27 heavy (non-hydrogen) atoms. The molecule has 1 unspecified atom stereocenters. The van der Waals surface area contributed by atoms with Crippen LogP contribution >= 0.6 is 0 Å². The standard InChI is InChI=1S/C23H28N4/c1-17-8-10-20(11-9-17)23-25-18(2)22(26-23)21(27-14-12-24-13-15-27)16-19-6-4-3-5-7-19/h3-11,21,24H,12-16H2,1-2H3,(H,25,26). The fraction of sp³-hybridized carbons (Fsp3) is 0.348. The van der Waals surface area contributed by atoms with Gasteiger partial charge in [-0.3, -0.25) is 4.90 Å². The van der Waals surface area contributed by atoms with E-state index in [-0.39, 0.29) is 0 Å². The van der Waals surface area contributed by atoms with Gasteiger partial charge < -0.3 is 10.3 Å². The van der Waals surface area contributed by atoms with Crippen LogP contribution in [-0.2, 0) is 6.42 Å². The van der Waals surface area contributed by atoms with Crippen LogP contribution in [0.25, 0.3) is 11.4 Å². The van der Waals surface area contributed by atoms with Gasteiger partial charge in [0.2, 0.25) is 0 Å². The van der Waals surface area contributed by atoms with E-state index in [0.717, 1.165) is 44.0 Å². The van der Waals surface area contributed by atoms with Crippen LogP contribution in [0.2, 0.25) is 0 Å². The van der Waals surface area contributed by atoms with Crippen LogP contribution in [0.5, 0.6) is 0 Å². The van der Waals surface area contributed by atoms with E-state index in [4.69, 9.17) is 4.98 Å². The van der Waals surface area contributed by atoms with Crippen LogP contribution in [0.4, 0.5) is 0 Å². The molecule has 0 radical (unpaired) electrons. The fourth-order valence-corrected chi connectivity index (χ4v) is 3.88. The second-order valence-corrected chi connectivity index (χ2v) is 7.45. The molecule has 0 bridgehead atoms. The highest BCUT2D eigenvalue weighted by Gasteiger charge is 2.26. The summed E-state index contributed by atoms with van der Waals surface area (Å²) in [5.41, 5.74) is 6.13. The van der Waals surface area contributed by atoms with E-state index in [0.29, 0.717) is 6.04 Å². The molecule has 2 N–H and O–H groups in total. The predicted octanol–water partition coefficient (Wildman–Crippen LogP) is 3.88. The van der Waals surface area contributed by atoms with E-state index in [1.54, 1.807) is 0 Å². The van der Waals surface area contributed by atoms with Gasteiger partial charge in [-0.05, 0) is 25.8 Å². The minimum atomic E-state index is 0.296. The van der Waals surface area contributed by atoms with Crippen molar-refractivity contribution in [2.45, 2.75) is 26.3 Å². The van der Waals surface area contributed by atoms with Crippen molar-refractivity contribution < 1.29 is 0 Å². The third-order valence-corrected chi connectivity index (χ3v) is 5.43. The molecule has 0 saturated carbocycles. The molecule has 4 heteroatoms. The lowest BCUT2D eigenvalue weighted by Crippen LogP contribution is -2.45. The third kappa shape index (κ3) is 4.12. The van der Waals surface area contributed by atoms with E-state index < -0.39 is 0 Å². The Hall–Kier alpha value is -2.43. The molecule has 4 rings (SSSR count). The zero-order valence-corrected chi connectivity index (χ0v) is 16.2. The van der Waals surface area contributed by atoms with Crippen LogP contribution in [0, 0.1) is 13.8 Å². The van der Waals surface area contributed by atoms with Gasteiger partial charge in [-0.25, -0.2) is 4.98 Å². The summed E-state index contributed by atoms with van der Waals surface area (Å²) in [6.07, 6.45) is 0.986. The first-order chi connectivity index (χ1) is 13.2. The van der Waals surface area contributed by atoms with Crippen molar-refractivity contribution in [3.63, 3.8) is 0 Å². The molecular formula is C23H28N4. The average Bonchev–Trinajstić information content (AvgIpc) is 3.09. The highest BCUT2D eigenvalue weighted by Crippen LogP contribution is 2.29. The predicted molar refractivity (Wildman–Crippen MR) is 111 cm³/mol. The average molecular weight is 361 g/mol. The third-order valence-electron chi connectivity index (χ3n) is 5.43. The molecule has 1 aliphatic rings. The summed E-state index contributed by atoms with van der Waals surface area (Å²) in [4.78, 5) is 11.2. The van der Waals surface area contributed by atoms with E-state index in [9.17, 15) is 0 Å². The van der Waals surface area contributed by atoms with Crippen molar-refractivity contribution in [2.24, 2.45) is 0 Å². The number of imidazole rings is 1. The minimum Gasteiger partial charge on any atom is -0.342 e. The molecule has 2 aromatic carbocycles. The van der Waals surface area contributed by atoms with E-state index in [2.05, 4.69) is 83.6 Å². The second-order valence-electron chi connectivity index (χ2n) is 7.45. The zero-order chi connectivity index (χ0) is 18.6. The van der Waals surface area contributed by atoms with Crippen molar-refractivity contribution in [1.82, 2.24) is 20.2 Å². The van der Waals surface area contributed by atoms with Crippen LogP contribution in [0.3, 0.4) is 0 Å². The molecule has 140 valence electrons. The first kappa shape index (κ1) is 18.0. The fourth-order valence-electron chi connectivity index (χ4n) is 3.88. The maximum atomic E-state index is 5.06. The number of aryl methyl sites for hydroxylation is 2. The Kier molecular flexibility index (Phi) is 5.37. The van der Waals surface area contributed by atoms with Crippen molar-refractivity contribution >= 4 is 0 Å². The lowest BCUT2D eigenvalue weighted by Gasteiger charge is -2.34. The molecule has 1 saturated heterocycles. The second kappa shape index (κ2) is 8.07. The van der Waals surface area contributed by atoms with E-state index in [1.165, 1.54) is 22.5 Å². The van der Waals surface area contributed by atoms with Crippen LogP contribution in [0.15, 0.2) is 54.6 Å². The van der Waals surface area contributed by atoms with Crippen LogP contribution in [0.1, 0.15) is 28.6 Å². The number of hydrogen-bond acceptors (Lipinski definition) is 3. The lowest BCUT2D eigenvalue weighted by atomic mass is 10.00.